The molecule has 0 fully saturated rings. The van der Waals surface area contributed by atoms with Crippen molar-refractivity contribution < 1.29 is 9.13 Å². The zero-order chi connectivity index (χ0) is 16.5. The molecule has 2 aromatic rings. The van der Waals surface area contributed by atoms with Gasteiger partial charge in [-0.3, -0.25) is 0 Å². The van der Waals surface area contributed by atoms with Crippen molar-refractivity contribution in [3.8, 4) is 0 Å². The maximum atomic E-state index is 12.2. The van der Waals surface area contributed by atoms with Gasteiger partial charge in [0.25, 0.3) is 0 Å². The Morgan fingerprint density at radius 1 is 1.17 bits per heavy atom. The van der Waals surface area contributed by atoms with Crippen molar-refractivity contribution in [3.05, 3.63) is 24.3 Å². The van der Waals surface area contributed by atoms with Gasteiger partial charge in [0, 0.05) is 12.6 Å². The van der Waals surface area contributed by atoms with Crippen LogP contribution in [0.3, 0.4) is 0 Å². The minimum absolute atomic E-state index is 0.156. The normalized spacial score (nSPS) is 11.5. The number of halogens is 1. The van der Waals surface area contributed by atoms with Crippen molar-refractivity contribution in [1.29, 1.82) is 0 Å². The fourth-order valence-corrected chi connectivity index (χ4v) is 2.89. The fourth-order valence-electron chi connectivity index (χ4n) is 2.89. The topological polar surface area (TPSA) is 39.1 Å². The Labute approximate surface area is 138 Å². The maximum absolute atomic E-state index is 12.2. The number of aromatic nitrogens is 2. The second kappa shape index (κ2) is 9.50. The molecule has 2 rings (SSSR count). The van der Waals surface area contributed by atoms with Crippen molar-refractivity contribution in [3.63, 3.8) is 0 Å². The highest BCUT2D eigenvalue weighted by atomic mass is 19.1. The van der Waals surface area contributed by atoms with Crippen LogP contribution in [0.2, 0.25) is 0 Å². The van der Waals surface area contributed by atoms with Crippen LogP contribution in [0.5, 0.6) is 0 Å². The summed E-state index contributed by atoms with van der Waals surface area (Å²) >= 11 is 0. The number of nitrogens with one attached hydrogen (secondary N) is 1. The van der Waals surface area contributed by atoms with Crippen LogP contribution in [0.15, 0.2) is 24.3 Å². The lowest BCUT2D eigenvalue weighted by molar-refractivity contribution is 0.113. The van der Waals surface area contributed by atoms with Crippen LogP contribution in [0.1, 0.15) is 39.5 Å². The first-order valence-electron chi connectivity index (χ1n) is 8.65. The number of benzene rings is 1. The number of anilines is 1. The first-order valence-corrected chi connectivity index (χ1v) is 8.65. The summed E-state index contributed by atoms with van der Waals surface area (Å²) in [4.78, 5) is 4.74. The third kappa shape index (κ3) is 4.93. The van der Waals surface area contributed by atoms with Crippen LogP contribution in [0.25, 0.3) is 11.0 Å². The maximum Gasteiger partial charge on any atom is 0.204 e. The Morgan fingerprint density at radius 2 is 1.91 bits per heavy atom. The number of para-hydroxylation sites is 2. The first-order chi connectivity index (χ1) is 11.3. The predicted molar refractivity (Wildman–Crippen MR) is 93.8 cm³/mol. The second-order valence-corrected chi connectivity index (χ2v) is 5.80. The van der Waals surface area contributed by atoms with E-state index in [0.717, 1.165) is 42.7 Å². The van der Waals surface area contributed by atoms with E-state index in [0.29, 0.717) is 19.2 Å². The van der Waals surface area contributed by atoms with E-state index in [1.165, 1.54) is 0 Å². The monoisotopic (exact) mass is 321 g/mol. The summed E-state index contributed by atoms with van der Waals surface area (Å²) in [6.07, 6.45) is 4.57. The van der Waals surface area contributed by atoms with Crippen molar-refractivity contribution >= 4 is 17.0 Å². The van der Waals surface area contributed by atoms with Crippen LogP contribution in [-0.4, -0.2) is 35.5 Å². The molecule has 1 aromatic heterocycles. The van der Waals surface area contributed by atoms with E-state index in [4.69, 9.17) is 9.72 Å². The molecule has 5 heteroatoms. The predicted octanol–water partition coefficient (Wildman–Crippen LogP) is 4.40. The summed E-state index contributed by atoms with van der Waals surface area (Å²) < 4.78 is 19.6. The summed E-state index contributed by atoms with van der Waals surface area (Å²) in [5.74, 6) is 0.891. The number of imidazole rings is 1. The molecule has 0 radical (unpaired) electrons. The molecule has 0 aliphatic carbocycles. The quantitative estimate of drug-likeness (QED) is 0.623. The van der Waals surface area contributed by atoms with Crippen molar-refractivity contribution in [2.75, 3.05) is 25.2 Å². The van der Waals surface area contributed by atoms with Crippen LogP contribution < -0.4 is 5.32 Å². The van der Waals surface area contributed by atoms with E-state index < -0.39 is 6.67 Å². The molecule has 1 aromatic carbocycles. The molecule has 23 heavy (non-hydrogen) atoms. The van der Waals surface area contributed by atoms with Gasteiger partial charge in [-0.05, 0) is 25.0 Å². The molecule has 0 aliphatic heterocycles. The zero-order valence-electron chi connectivity index (χ0n) is 14.2. The smallest absolute Gasteiger partial charge is 0.204 e. The van der Waals surface area contributed by atoms with Gasteiger partial charge in [-0.1, -0.05) is 38.8 Å². The number of hydrogen-bond donors (Lipinski definition) is 1. The summed E-state index contributed by atoms with van der Waals surface area (Å²) in [5.41, 5.74) is 2.07. The van der Waals surface area contributed by atoms with E-state index in [9.17, 15) is 4.39 Å². The van der Waals surface area contributed by atoms with E-state index in [1.54, 1.807) is 0 Å². The second-order valence-electron chi connectivity index (χ2n) is 5.80. The molecule has 0 saturated heterocycles. The largest absolute Gasteiger partial charge is 0.377 e. The molecular formula is C18H28FN3O. The minimum atomic E-state index is -0.440. The summed E-state index contributed by atoms with van der Waals surface area (Å²) in [6, 6.07) is 8.54. The highest BCUT2D eigenvalue weighted by Gasteiger charge is 2.14. The van der Waals surface area contributed by atoms with Crippen molar-refractivity contribution in [2.24, 2.45) is 0 Å². The van der Waals surface area contributed by atoms with E-state index in [2.05, 4.69) is 29.8 Å². The molecule has 1 N–H and O–H groups in total. The first kappa shape index (κ1) is 17.7. The summed E-state index contributed by atoms with van der Waals surface area (Å²) in [5, 5.41) is 3.60. The number of hydrogen-bond acceptors (Lipinski definition) is 3. The van der Waals surface area contributed by atoms with Crippen LogP contribution >= 0.6 is 0 Å². The van der Waals surface area contributed by atoms with Crippen molar-refractivity contribution in [2.45, 2.75) is 52.1 Å². The highest BCUT2D eigenvalue weighted by Crippen LogP contribution is 2.21. The Morgan fingerprint density at radius 3 is 2.61 bits per heavy atom. The van der Waals surface area contributed by atoms with Gasteiger partial charge in [0.05, 0.1) is 24.2 Å². The average molecular weight is 321 g/mol. The van der Waals surface area contributed by atoms with Crippen LogP contribution in [0.4, 0.5) is 10.3 Å². The van der Waals surface area contributed by atoms with E-state index in [-0.39, 0.29) is 6.61 Å². The molecule has 0 bridgehead atoms. The molecule has 0 unspecified atom stereocenters. The molecule has 0 saturated carbocycles. The number of nitrogens with zero attached hydrogens (tertiary/aromatic N) is 2. The Hall–Kier alpha value is -1.62. The van der Waals surface area contributed by atoms with E-state index in [1.807, 2.05) is 18.2 Å². The molecule has 0 amide bonds. The summed E-state index contributed by atoms with van der Waals surface area (Å²) in [6.45, 7) is 5.30. The molecule has 4 nitrogen and oxygen atoms in total. The third-order valence-electron chi connectivity index (χ3n) is 3.94. The number of rotatable bonds is 11. The lowest BCUT2D eigenvalue weighted by Gasteiger charge is -2.19. The molecule has 0 aliphatic rings. The molecule has 0 spiro atoms. The van der Waals surface area contributed by atoms with Crippen LogP contribution in [0, 0.1) is 0 Å². The van der Waals surface area contributed by atoms with Crippen molar-refractivity contribution in [1.82, 2.24) is 9.55 Å². The van der Waals surface area contributed by atoms with Gasteiger partial charge in [0.15, 0.2) is 0 Å². The SMILES string of the molecule is CCCC(CCC)Nc1nc2ccccc2n1CCOCCF. The molecule has 0 atom stereocenters. The van der Waals surface area contributed by atoms with E-state index >= 15 is 0 Å². The Bertz CT molecular complexity index is 579. The highest BCUT2D eigenvalue weighted by molar-refractivity contribution is 5.78. The van der Waals surface area contributed by atoms with Crippen LogP contribution in [-0.2, 0) is 11.3 Å². The fraction of sp³-hybridized carbons (Fsp3) is 0.611. The molecule has 128 valence electrons. The van der Waals surface area contributed by atoms with Gasteiger partial charge in [-0.15, -0.1) is 0 Å². The molecule has 1 heterocycles. The number of alkyl halides is 1. The van der Waals surface area contributed by atoms with Gasteiger partial charge in [-0.2, -0.15) is 0 Å². The minimum Gasteiger partial charge on any atom is -0.377 e. The Kier molecular flexibility index (Phi) is 7.33. The van der Waals surface area contributed by atoms with Gasteiger partial charge >= 0.3 is 0 Å². The number of ether oxygens (including phenoxy) is 1. The van der Waals surface area contributed by atoms with Gasteiger partial charge < -0.3 is 14.6 Å². The summed E-state index contributed by atoms with van der Waals surface area (Å²) in [7, 11) is 0. The molecular weight excluding hydrogens is 293 g/mol. The van der Waals surface area contributed by atoms with Gasteiger partial charge in [0.1, 0.15) is 6.67 Å². The van der Waals surface area contributed by atoms with Gasteiger partial charge in [0.2, 0.25) is 5.95 Å². The lowest BCUT2D eigenvalue weighted by atomic mass is 10.1. The standard InChI is InChI=1S/C18H28FN3O/c1-3-7-15(8-4-2)20-18-21-16-9-5-6-10-17(16)22(18)12-14-23-13-11-19/h5-6,9-10,15H,3-4,7-8,11-14H2,1-2H3,(H,20,21). The average Bonchev–Trinajstić information content (AvgIpc) is 2.89. The Balaban J connectivity index is 2.18. The van der Waals surface area contributed by atoms with Gasteiger partial charge in [-0.25, -0.2) is 9.37 Å². The lowest BCUT2D eigenvalue weighted by Crippen LogP contribution is -2.22. The third-order valence-corrected chi connectivity index (χ3v) is 3.94. The zero-order valence-corrected chi connectivity index (χ0v) is 14.2. The number of fused-ring (bicyclic) bond motifs is 1.